The molecule has 0 fully saturated rings. The summed E-state index contributed by atoms with van der Waals surface area (Å²) in [7, 11) is 4.15. The maximum atomic E-state index is 12.0. The average molecular weight is 277 g/mol. The van der Waals surface area contributed by atoms with Crippen LogP contribution in [0.15, 0.2) is 24.3 Å². The third kappa shape index (κ3) is 6.68. The van der Waals surface area contributed by atoms with E-state index in [-0.39, 0.29) is 11.9 Å². The lowest BCUT2D eigenvalue weighted by Crippen LogP contribution is -2.38. The number of nitrogens with one attached hydrogen (secondary N) is 2. The van der Waals surface area contributed by atoms with E-state index in [9.17, 15) is 4.79 Å². The molecular formula is C16H27N3O. The molecular weight excluding hydrogens is 250 g/mol. The molecule has 0 saturated carbocycles. The van der Waals surface area contributed by atoms with Gasteiger partial charge in [-0.05, 0) is 66.0 Å². The Morgan fingerprint density at radius 1 is 1.20 bits per heavy atom. The zero-order valence-electron chi connectivity index (χ0n) is 13.1. The van der Waals surface area contributed by atoms with E-state index < -0.39 is 0 Å². The first-order chi connectivity index (χ1) is 9.49. The molecule has 1 amide bonds. The number of benzene rings is 1. The molecule has 4 heteroatoms. The molecule has 1 aromatic carbocycles. The lowest BCUT2D eigenvalue weighted by atomic mass is 10.2. The molecule has 0 bridgehead atoms. The van der Waals surface area contributed by atoms with E-state index in [4.69, 9.17) is 0 Å². The number of nitrogens with zero attached hydrogens (tertiary/aromatic N) is 1. The van der Waals surface area contributed by atoms with Crippen molar-refractivity contribution in [2.45, 2.75) is 32.7 Å². The molecule has 1 atom stereocenters. The van der Waals surface area contributed by atoms with Crippen LogP contribution in [0.2, 0.25) is 0 Å². The van der Waals surface area contributed by atoms with Gasteiger partial charge < -0.3 is 15.5 Å². The van der Waals surface area contributed by atoms with Gasteiger partial charge in [0, 0.05) is 5.69 Å². The molecule has 2 N–H and O–H groups in total. The van der Waals surface area contributed by atoms with Gasteiger partial charge in [0.25, 0.3) is 0 Å². The van der Waals surface area contributed by atoms with Crippen LogP contribution in [0.3, 0.4) is 0 Å². The van der Waals surface area contributed by atoms with Gasteiger partial charge in [-0.2, -0.15) is 0 Å². The quantitative estimate of drug-likeness (QED) is 0.716. The molecule has 0 heterocycles. The summed E-state index contributed by atoms with van der Waals surface area (Å²) in [5.74, 6) is 0.0152. The molecule has 1 unspecified atom stereocenters. The van der Waals surface area contributed by atoms with E-state index in [1.165, 1.54) is 5.56 Å². The van der Waals surface area contributed by atoms with E-state index in [2.05, 4.69) is 29.6 Å². The summed E-state index contributed by atoms with van der Waals surface area (Å²) in [4.78, 5) is 14.2. The Balaban J connectivity index is 2.23. The Kier molecular flexibility index (Phi) is 7.26. The molecule has 4 nitrogen and oxygen atoms in total. The van der Waals surface area contributed by atoms with Crippen LogP contribution >= 0.6 is 0 Å². The first-order valence-electron chi connectivity index (χ1n) is 7.24. The lowest BCUT2D eigenvalue weighted by molar-refractivity contribution is -0.117. The normalized spacial score (nSPS) is 12.4. The van der Waals surface area contributed by atoms with Gasteiger partial charge >= 0.3 is 0 Å². The van der Waals surface area contributed by atoms with E-state index >= 15 is 0 Å². The topological polar surface area (TPSA) is 44.4 Å². The molecule has 0 aliphatic heterocycles. The molecule has 0 aliphatic carbocycles. The highest BCUT2D eigenvalue weighted by Gasteiger charge is 2.11. The summed E-state index contributed by atoms with van der Waals surface area (Å²) >= 11 is 0. The van der Waals surface area contributed by atoms with Crippen molar-refractivity contribution in [1.82, 2.24) is 10.2 Å². The Morgan fingerprint density at radius 3 is 2.45 bits per heavy atom. The van der Waals surface area contributed by atoms with E-state index in [0.717, 1.165) is 31.6 Å². The predicted octanol–water partition coefficient (Wildman–Crippen LogP) is 2.25. The van der Waals surface area contributed by atoms with Gasteiger partial charge in [-0.3, -0.25) is 4.79 Å². The third-order valence-electron chi connectivity index (χ3n) is 3.20. The first kappa shape index (κ1) is 16.7. The fourth-order valence-corrected chi connectivity index (χ4v) is 1.85. The van der Waals surface area contributed by atoms with Gasteiger partial charge in [0.1, 0.15) is 0 Å². The van der Waals surface area contributed by atoms with Crippen LogP contribution < -0.4 is 10.6 Å². The van der Waals surface area contributed by atoms with Crippen LogP contribution in [0.4, 0.5) is 5.69 Å². The molecule has 0 spiro atoms. The number of amides is 1. The van der Waals surface area contributed by atoms with Crippen molar-refractivity contribution in [2.24, 2.45) is 0 Å². The number of anilines is 1. The summed E-state index contributed by atoms with van der Waals surface area (Å²) in [5.41, 5.74) is 2.04. The maximum absolute atomic E-state index is 12.0. The minimum Gasteiger partial charge on any atom is -0.325 e. The summed E-state index contributed by atoms with van der Waals surface area (Å²) in [6.07, 6.45) is 2.23. The van der Waals surface area contributed by atoms with Crippen LogP contribution in [-0.4, -0.2) is 44.0 Å². The van der Waals surface area contributed by atoms with Crippen molar-refractivity contribution in [3.63, 3.8) is 0 Å². The smallest absolute Gasteiger partial charge is 0.241 e. The second-order valence-corrected chi connectivity index (χ2v) is 5.54. The fraction of sp³-hybridized carbons (Fsp3) is 0.562. The van der Waals surface area contributed by atoms with Gasteiger partial charge in [0.2, 0.25) is 5.91 Å². The number of carbonyl (C=O) groups excluding carboxylic acids is 1. The van der Waals surface area contributed by atoms with Gasteiger partial charge in [-0.15, -0.1) is 0 Å². The second-order valence-electron chi connectivity index (χ2n) is 5.54. The highest BCUT2D eigenvalue weighted by molar-refractivity contribution is 5.94. The summed E-state index contributed by atoms with van der Waals surface area (Å²) in [6.45, 7) is 5.89. The lowest BCUT2D eigenvalue weighted by Gasteiger charge is -2.15. The van der Waals surface area contributed by atoms with Crippen LogP contribution in [0.5, 0.6) is 0 Å². The maximum Gasteiger partial charge on any atom is 0.241 e. The number of carbonyl (C=O) groups is 1. The molecule has 0 saturated heterocycles. The second kappa shape index (κ2) is 8.72. The molecule has 1 rings (SSSR count). The van der Waals surface area contributed by atoms with Crippen molar-refractivity contribution in [3.05, 3.63) is 29.8 Å². The van der Waals surface area contributed by atoms with Crippen molar-refractivity contribution in [3.8, 4) is 0 Å². The molecule has 0 aliphatic rings. The predicted molar refractivity (Wildman–Crippen MR) is 85.1 cm³/mol. The average Bonchev–Trinajstić information content (AvgIpc) is 2.40. The zero-order valence-corrected chi connectivity index (χ0v) is 13.1. The van der Waals surface area contributed by atoms with Crippen LogP contribution in [0, 0.1) is 6.92 Å². The summed E-state index contributed by atoms with van der Waals surface area (Å²) < 4.78 is 0. The number of rotatable bonds is 8. The third-order valence-corrected chi connectivity index (χ3v) is 3.20. The summed E-state index contributed by atoms with van der Waals surface area (Å²) in [5, 5.41) is 6.18. The first-order valence-corrected chi connectivity index (χ1v) is 7.24. The number of unbranched alkanes of at least 4 members (excludes halogenated alkanes) is 1. The van der Waals surface area contributed by atoms with Crippen molar-refractivity contribution in [2.75, 3.05) is 32.5 Å². The van der Waals surface area contributed by atoms with E-state index in [1.807, 2.05) is 38.1 Å². The Labute approximate surface area is 122 Å². The zero-order chi connectivity index (χ0) is 15.0. The van der Waals surface area contributed by atoms with Gasteiger partial charge in [0.05, 0.1) is 6.04 Å². The molecule has 112 valence electrons. The Bertz CT molecular complexity index is 401. The molecule has 20 heavy (non-hydrogen) atoms. The van der Waals surface area contributed by atoms with E-state index in [0.29, 0.717) is 0 Å². The highest BCUT2D eigenvalue weighted by atomic mass is 16.2. The van der Waals surface area contributed by atoms with Crippen LogP contribution in [0.25, 0.3) is 0 Å². The molecule has 1 aromatic rings. The largest absolute Gasteiger partial charge is 0.325 e. The monoisotopic (exact) mass is 277 g/mol. The number of hydrogen-bond acceptors (Lipinski definition) is 3. The summed E-state index contributed by atoms with van der Waals surface area (Å²) in [6, 6.07) is 7.67. The van der Waals surface area contributed by atoms with Crippen LogP contribution in [0.1, 0.15) is 25.3 Å². The van der Waals surface area contributed by atoms with Crippen molar-refractivity contribution in [1.29, 1.82) is 0 Å². The van der Waals surface area contributed by atoms with Gasteiger partial charge in [-0.1, -0.05) is 17.7 Å². The SMILES string of the molecule is Cc1ccc(NC(=O)C(C)NCCCCN(C)C)cc1. The van der Waals surface area contributed by atoms with Crippen molar-refractivity contribution < 1.29 is 4.79 Å². The Morgan fingerprint density at radius 2 is 1.85 bits per heavy atom. The van der Waals surface area contributed by atoms with Gasteiger partial charge in [0.15, 0.2) is 0 Å². The fourth-order valence-electron chi connectivity index (χ4n) is 1.85. The van der Waals surface area contributed by atoms with Crippen molar-refractivity contribution >= 4 is 11.6 Å². The highest BCUT2D eigenvalue weighted by Crippen LogP contribution is 2.08. The van der Waals surface area contributed by atoms with E-state index in [1.54, 1.807) is 0 Å². The minimum absolute atomic E-state index is 0.0152. The number of aryl methyl sites for hydroxylation is 1. The number of hydrogen-bond donors (Lipinski definition) is 2. The minimum atomic E-state index is -0.171. The molecule has 0 aromatic heterocycles. The molecule has 0 radical (unpaired) electrons. The van der Waals surface area contributed by atoms with Gasteiger partial charge in [-0.25, -0.2) is 0 Å². The van der Waals surface area contributed by atoms with Crippen LogP contribution in [-0.2, 0) is 4.79 Å². The standard InChI is InChI=1S/C16H27N3O/c1-13-7-9-15(10-8-13)18-16(20)14(2)17-11-5-6-12-19(3)4/h7-10,14,17H,5-6,11-12H2,1-4H3,(H,18,20). The Hall–Kier alpha value is -1.39.